The van der Waals surface area contributed by atoms with Gasteiger partial charge in [-0.05, 0) is 57.1 Å². The van der Waals surface area contributed by atoms with Crippen LogP contribution in [0.3, 0.4) is 0 Å². The van der Waals surface area contributed by atoms with Crippen LogP contribution in [0.1, 0.15) is 37.7 Å². The fourth-order valence-corrected chi connectivity index (χ4v) is 5.12. The Labute approximate surface area is 156 Å². The van der Waals surface area contributed by atoms with Gasteiger partial charge in [0.1, 0.15) is 0 Å². The number of allylic oxidation sites excluding steroid dienone is 2. The Hall–Kier alpha value is -1.66. The maximum absolute atomic E-state index is 12.7. The monoisotopic (exact) mass is 376 g/mol. The first-order valence-electron chi connectivity index (χ1n) is 9.46. The van der Waals surface area contributed by atoms with Crippen LogP contribution in [0.4, 0.5) is 0 Å². The van der Waals surface area contributed by atoms with Crippen molar-refractivity contribution < 1.29 is 13.2 Å². The SMILES string of the molecule is Cc1ccc(S(=O)(=O)N2CCC(C(=O)NCC3CC=CCC3)CC2)cc1. The normalized spacial score (nSPS) is 22.3. The van der Waals surface area contributed by atoms with Crippen LogP contribution in [-0.4, -0.2) is 38.3 Å². The van der Waals surface area contributed by atoms with E-state index in [9.17, 15) is 13.2 Å². The van der Waals surface area contributed by atoms with Gasteiger partial charge in [-0.1, -0.05) is 29.8 Å². The van der Waals surface area contributed by atoms with Gasteiger partial charge in [0.2, 0.25) is 15.9 Å². The second kappa shape index (κ2) is 8.35. The maximum atomic E-state index is 12.7. The number of hydrogen-bond donors (Lipinski definition) is 1. The second-order valence-electron chi connectivity index (χ2n) is 7.39. The molecule has 0 bridgehead atoms. The summed E-state index contributed by atoms with van der Waals surface area (Å²) in [7, 11) is -3.46. The van der Waals surface area contributed by atoms with Crippen LogP contribution in [0.15, 0.2) is 41.3 Å². The minimum atomic E-state index is -3.46. The highest BCUT2D eigenvalue weighted by molar-refractivity contribution is 7.89. The molecule has 3 rings (SSSR count). The fourth-order valence-electron chi connectivity index (χ4n) is 3.65. The summed E-state index contributed by atoms with van der Waals surface area (Å²) in [5.41, 5.74) is 1.03. The lowest BCUT2D eigenvalue weighted by atomic mass is 9.93. The van der Waals surface area contributed by atoms with Crippen LogP contribution in [0.5, 0.6) is 0 Å². The van der Waals surface area contributed by atoms with Gasteiger partial charge in [-0.3, -0.25) is 4.79 Å². The lowest BCUT2D eigenvalue weighted by Crippen LogP contribution is -2.43. The minimum absolute atomic E-state index is 0.0759. The van der Waals surface area contributed by atoms with Crippen LogP contribution in [0.25, 0.3) is 0 Å². The predicted molar refractivity (Wildman–Crippen MR) is 102 cm³/mol. The molecule has 1 N–H and O–H groups in total. The average Bonchev–Trinajstić information content (AvgIpc) is 2.67. The largest absolute Gasteiger partial charge is 0.356 e. The number of piperidine rings is 1. The second-order valence-corrected chi connectivity index (χ2v) is 9.32. The number of nitrogens with zero attached hydrogens (tertiary/aromatic N) is 1. The van der Waals surface area contributed by atoms with Crippen molar-refractivity contribution in [3.63, 3.8) is 0 Å². The third-order valence-electron chi connectivity index (χ3n) is 5.43. The van der Waals surface area contributed by atoms with Crippen molar-refractivity contribution >= 4 is 15.9 Å². The molecule has 26 heavy (non-hydrogen) atoms. The number of sulfonamides is 1. The zero-order valence-electron chi connectivity index (χ0n) is 15.4. The predicted octanol–water partition coefficient (Wildman–Crippen LogP) is 2.87. The van der Waals surface area contributed by atoms with Gasteiger partial charge in [0.05, 0.1) is 4.90 Å². The van der Waals surface area contributed by atoms with Crippen molar-refractivity contribution in [1.29, 1.82) is 0 Å². The first-order valence-corrected chi connectivity index (χ1v) is 10.9. The summed E-state index contributed by atoms with van der Waals surface area (Å²) < 4.78 is 27.0. The molecular weight excluding hydrogens is 348 g/mol. The molecule has 1 aliphatic carbocycles. The average molecular weight is 377 g/mol. The Bertz CT molecular complexity index is 748. The Morgan fingerprint density at radius 2 is 1.81 bits per heavy atom. The number of rotatable bonds is 5. The number of carbonyl (C=O) groups is 1. The van der Waals surface area contributed by atoms with E-state index in [0.29, 0.717) is 36.7 Å². The van der Waals surface area contributed by atoms with E-state index in [1.54, 1.807) is 12.1 Å². The number of nitrogens with one attached hydrogen (secondary N) is 1. The van der Waals surface area contributed by atoms with Gasteiger partial charge in [-0.15, -0.1) is 0 Å². The van der Waals surface area contributed by atoms with E-state index in [0.717, 1.165) is 31.4 Å². The molecule has 1 aromatic carbocycles. The van der Waals surface area contributed by atoms with Crippen LogP contribution < -0.4 is 5.32 Å². The first-order chi connectivity index (χ1) is 12.5. The zero-order valence-corrected chi connectivity index (χ0v) is 16.2. The lowest BCUT2D eigenvalue weighted by Gasteiger charge is -2.31. The molecule has 142 valence electrons. The van der Waals surface area contributed by atoms with Gasteiger partial charge in [-0.25, -0.2) is 8.42 Å². The van der Waals surface area contributed by atoms with Gasteiger partial charge < -0.3 is 5.32 Å². The standard InChI is InChI=1S/C20H28N2O3S/c1-16-7-9-19(10-8-16)26(24,25)22-13-11-18(12-14-22)20(23)21-15-17-5-3-2-4-6-17/h2-3,7-10,17-18H,4-6,11-15H2,1H3,(H,21,23). The molecule has 1 unspecified atom stereocenters. The molecule has 1 aromatic rings. The maximum Gasteiger partial charge on any atom is 0.243 e. The smallest absolute Gasteiger partial charge is 0.243 e. The summed E-state index contributed by atoms with van der Waals surface area (Å²) in [5.74, 6) is 0.525. The van der Waals surface area contributed by atoms with E-state index >= 15 is 0 Å². The fraction of sp³-hybridized carbons (Fsp3) is 0.550. The molecule has 1 amide bonds. The van der Waals surface area contributed by atoms with Gasteiger partial charge in [0.25, 0.3) is 0 Å². The summed E-state index contributed by atoms with van der Waals surface area (Å²) in [4.78, 5) is 12.7. The molecule has 0 spiro atoms. The zero-order chi connectivity index (χ0) is 18.6. The molecule has 2 aliphatic rings. The molecule has 6 heteroatoms. The Kier molecular flexibility index (Phi) is 6.14. The van der Waals surface area contributed by atoms with Gasteiger partial charge in [-0.2, -0.15) is 4.31 Å². The van der Waals surface area contributed by atoms with Crippen molar-refractivity contribution in [3.05, 3.63) is 42.0 Å². The summed E-state index contributed by atoms with van der Waals surface area (Å²) >= 11 is 0. The van der Waals surface area contributed by atoms with Gasteiger partial charge in [0, 0.05) is 25.6 Å². The summed E-state index contributed by atoms with van der Waals surface area (Å²) in [5, 5.41) is 3.07. The highest BCUT2D eigenvalue weighted by Crippen LogP contribution is 2.24. The number of hydrogen-bond acceptors (Lipinski definition) is 3. The molecule has 1 aliphatic heterocycles. The Morgan fingerprint density at radius 1 is 1.12 bits per heavy atom. The van der Waals surface area contributed by atoms with Crippen molar-refractivity contribution in [2.45, 2.75) is 43.9 Å². The molecule has 1 fully saturated rings. The molecule has 1 saturated heterocycles. The Balaban J connectivity index is 1.51. The van der Waals surface area contributed by atoms with E-state index in [1.165, 1.54) is 4.31 Å². The Morgan fingerprint density at radius 3 is 2.42 bits per heavy atom. The number of carbonyl (C=O) groups excluding carboxylic acids is 1. The van der Waals surface area contributed by atoms with E-state index < -0.39 is 10.0 Å². The van der Waals surface area contributed by atoms with Crippen molar-refractivity contribution in [1.82, 2.24) is 9.62 Å². The first kappa shape index (κ1) is 19.1. The molecule has 1 heterocycles. The van der Waals surface area contributed by atoms with E-state index in [4.69, 9.17) is 0 Å². The molecule has 0 radical (unpaired) electrons. The summed E-state index contributed by atoms with van der Waals surface area (Å²) in [6, 6.07) is 6.94. The summed E-state index contributed by atoms with van der Waals surface area (Å²) in [6.45, 7) is 3.47. The van der Waals surface area contributed by atoms with Crippen LogP contribution in [0, 0.1) is 18.8 Å². The van der Waals surface area contributed by atoms with Gasteiger partial charge >= 0.3 is 0 Å². The summed E-state index contributed by atoms with van der Waals surface area (Å²) in [6.07, 6.45) is 8.81. The minimum Gasteiger partial charge on any atom is -0.356 e. The van der Waals surface area contributed by atoms with Crippen LogP contribution >= 0.6 is 0 Å². The van der Waals surface area contributed by atoms with E-state index in [2.05, 4.69) is 17.5 Å². The molecule has 5 nitrogen and oxygen atoms in total. The quantitative estimate of drug-likeness (QED) is 0.804. The molecular formula is C20H28N2O3S. The topological polar surface area (TPSA) is 66.5 Å². The lowest BCUT2D eigenvalue weighted by molar-refractivity contribution is -0.126. The third kappa shape index (κ3) is 4.54. The molecule has 0 saturated carbocycles. The van der Waals surface area contributed by atoms with Crippen molar-refractivity contribution in [3.8, 4) is 0 Å². The van der Waals surface area contributed by atoms with Crippen molar-refractivity contribution in [2.24, 2.45) is 11.8 Å². The number of aryl methyl sites for hydroxylation is 1. The van der Waals surface area contributed by atoms with Gasteiger partial charge in [0.15, 0.2) is 0 Å². The van der Waals surface area contributed by atoms with Crippen molar-refractivity contribution in [2.75, 3.05) is 19.6 Å². The van der Waals surface area contributed by atoms with E-state index in [1.807, 2.05) is 19.1 Å². The van der Waals surface area contributed by atoms with E-state index in [-0.39, 0.29) is 11.8 Å². The van der Waals surface area contributed by atoms with Crippen LogP contribution in [0.2, 0.25) is 0 Å². The number of benzene rings is 1. The third-order valence-corrected chi connectivity index (χ3v) is 7.34. The highest BCUT2D eigenvalue weighted by atomic mass is 32.2. The molecule has 0 aromatic heterocycles. The molecule has 1 atom stereocenters. The highest BCUT2D eigenvalue weighted by Gasteiger charge is 2.32. The number of amides is 1. The van der Waals surface area contributed by atoms with Crippen LogP contribution in [-0.2, 0) is 14.8 Å².